The molecule has 0 fully saturated rings. The van der Waals surface area contributed by atoms with Crippen LogP contribution in [0.5, 0.6) is 0 Å². The van der Waals surface area contributed by atoms with E-state index in [9.17, 15) is 12.8 Å². The molecular weight excluding hydrogens is 507 g/mol. The Labute approximate surface area is 191 Å². The second-order valence-electron chi connectivity index (χ2n) is 6.56. The first-order valence-corrected chi connectivity index (χ1v) is 11.7. The predicted molar refractivity (Wildman–Crippen MR) is 120 cm³/mol. The number of rotatable bonds is 6. The van der Waals surface area contributed by atoms with Crippen molar-refractivity contribution in [2.75, 3.05) is 5.32 Å². The molecule has 0 saturated carbocycles. The number of aromatic nitrogens is 1. The lowest BCUT2D eigenvalue weighted by Gasteiger charge is -2.07. The number of sulfone groups is 1. The fraction of sp³-hybridized carbons (Fsp3) is 0.0455. The normalized spacial score (nSPS) is 11.5. The van der Waals surface area contributed by atoms with Crippen LogP contribution in [0.2, 0.25) is 5.02 Å². The first kappa shape index (κ1) is 21.5. The van der Waals surface area contributed by atoms with E-state index in [0.29, 0.717) is 10.6 Å². The van der Waals surface area contributed by atoms with E-state index < -0.39 is 15.7 Å². The highest BCUT2D eigenvalue weighted by atomic mass is 79.9. The lowest BCUT2D eigenvalue weighted by atomic mass is 10.2. The summed E-state index contributed by atoms with van der Waals surface area (Å²) in [6, 6.07) is 18.8. The van der Waals surface area contributed by atoms with Crippen molar-refractivity contribution in [1.29, 1.82) is 0 Å². The van der Waals surface area contributed by atoms with Crippen molar-refractivity contribution in [3.63, 3.8) is 0 Å². The van der Waals surface area contributed by atoms with Crippen molar-refractivity contribution >= 4 is 43.3 Å². The summed E-state index contributed by atoms with van der Waals surface area (Å²) in [6.07, 6.45) is 0. The first-order chi connectivity index (χ1) is 14.8. The van der Waals surface area contributed by atoms with Crippen LogP contribution >= 0.6 is 27.5 Å². The topological polar surface area (TPSA) is 72.2 Å². The average molecular weight is 522 g/mol. The zero-order valence-electron chi connectivity index (χ0n) is 15.8. The first-order valence-electron chi connectivity index (χ1n) is 9.09. The quantitative estimate of drug-likeness (QED) is 0.300. The molecule has 31 heavy (non-hydrogen) atoms. The molecule has 3 aromatic carbocycles. The Bertz CT molecular complexity index is 1320. The second kappa shape index (κ2) is 8.82. The van der Waals surface area contributed by atoms with Crippen LogP contribution in [-0.4, -0.2) is 13.4 Å². The van der Waals surface area contributed by atoms with Crippen LogP contribution in [0.1, 0.15) is 5.56 Å². The van der Waals surface area contributed by atoms with E-state index in [1.807, 2.05) is 12.1 Å². The molecule has 0 aliphatic heterocycles. The Balaban J connectivity index is 1.77. The van der Waals surface area contributed by atoms with Gasteiger partial charge in [-0.2, -0.15) is 4.98 Å². The minimum Gasteiger partial charge on any atom is -0.419 e. The lowest BCUT2D eigenvalue weighted by molar-refractivity contribution is 0.576. The van der Waals surface area contributed by atoms with Gasteiger partial charge in [-0.25, -0.2) is 12.8 Å². The number of anilines is 1. The van der Waals surface area contributed by atoms with Gasteiger partial charge in [-0.05, 0) is 60.2 Å². The summed E-state index contributed by atoms with van der Waals surface area (Å²) in [4.78, 5) is 4.16. The maximum absolute atomic E-state index is 13.3. The molecule has 0 spiro atoms. The van der Waals surface area contributed by atoms with Gasteiger partial charge in [0.25, 0.3) is 0 Å². The van der Waals surface area contributed by atoms with Crippen molar-refractivity contribution in [1.82, 2.24) is 4.98 Å². The van der Waals surface area contributed by atoms with E-state index >= 15 is 0 Å². The summed E-state index contributed by atoms with van der Waals surface area (Å²) in [5.41, 5.74) is 1.36. The Morgan fingerprint density at radius 2 is 1.68 bits per heavy atom. The molecule has 158 valence electrons. The molecule has 4 rings (SSSR count). The number of oxazole rings is 1. The van der Waals surface area contributed by atoms with E-state index in [1.54, 1.807) is 36.4 Å². The molecule has 0 aliphatic rings. The average Bonchev–Trinajstić information content (AvgIpc) is 3.19. The largest absolute Gasteiger partial charge is 0.419 e. The minimum atomic E-state index is -4.07. The van der Waals surface area contributed by atoms with Gasteiger partial charge < -0.3 is 9.73 Å². The Kier molecular flexibility index (Phi) is 6.13. The van der Waals surface area contributed by atoms with E-state index in [0.717, 1.165) is 22.2 Å². The Hall–Kier alpha value is -2.68. The van der Waals surface area contributed by atoms with Crippen molar-refractivity contribution < 1.29 is 17.2 Å². The highest BCUT2D eigenvalue weighted by Gasteiger charge is 2.28. The van der Waals surface area contributed by atoms with Crippen LogP contribution in [0.4, 0.5) is 10.3 Å². The monoisotopic (exact) mass is 520 g/mol. The Morgan fingerprint density at radius 3 is 2.35 bits per heavy atom. The summed E-state index contributed by atoms with van der Waals surface area (Å²) in [7, 11) is -4.07. The van der Waals surface area contributed by atoms with Crippen molar-refractivity contribution in [3.8, 4) is 11.5 Å². The molecular formula is C22H15BrClFN2O3S. The standard InChI is InChI=1S/C22H15BrClFN2O3S/c23-16-7-5-14(6-8-16)20-27-22(31(28,29)18-11-9-17(25)10-12-18)21(30-20)26-13-15-3-1-2-4-19(15)24/h1-12,26H,13H2. The van der Waals surface area contributed by atoms with Crippen molar-refractivity contribution in [3.05, 3.63) is 93.7 Å². The number of benzene rings is 3. The summed E-state index contributed by atoms with van der Waals surface area (Å²) in [5, 5.41) is 3.23. The molecule has 5 nitrogen and oxygen atoms in total. The fourth-order valence-corrected chi connectivity index (χ4v) is 4.60. The number of hydrogen-bond acceptors (Lipinski definition) is 5. The van der Waals surface area contributed by atoms with E-state index in [1.165, 1.54) is 12.1 Å². The summed E-state index contributed by atoms with van der Waals surface area (Å²) in [6.45, 7) is 0.223. The molecule has 0 amide bonds. The molecule has 0 unspecified atom stereocenters. The van der Waals surface area contributed by atoms with Crippen LogP contribution in [0, 0.1) is 5.82 Å². The molecule has 4 aromatic rings. The van der Waals surface area contributed by atoms with Gasteiger partial charge in [0.05, 0.1) is 4.90 Å². The van der Waals surface area contributed by atoms with Crippen LogP contribution in [0.15, 0.2) is 91.6 Å². The van der Waals surface area contributed by atoms with Crippen LogP contribution in [0.25, 0.3) is 11.5 Å². The van der Waals surface area contributed by atoms with Gasteiger partial charge in [-0.1, -0.05) is 45.7 Å². The van der Waals surface area contributed by atoms with Gasteiger partial charge in [0, 0.05) is 21.6 Å². The molecule has 0 aliphatic carbocycles. The molecule has 1 aromatic heterocycles. The van der Waals surface area contributed by atoms with Crippen molar-refractivity contribution in [2.45, 2.75) is 16.5 Å². The highest BCUT2D eigenvalue weighted by molar-refractivity contribution is 9.10. The number of halogens is 3. The van der Waals surface area contributed by atoms with E-state index in [4.69, 9.17) is 16.0 Å². The van der Waals surface area contributed by atoms with Gasteiger partial charge in [0.15, 0.2) is 0 Å². The second-order valence-corrected chi connectivity index (χ2v) is 9.75. The van der Waals surface area contributed by atoms with Crippen LogP contribution in [-0.2, 0) is 16.4 Å². The summed E-state index contributed by atoms with van der Waals surface area (Å²) >= 11 is 9.56. The molecule has 1 N–H and O–H groups in total. The van der Waals surface area contributed by atoms with Gasteiger partial charge in [-0.3, -0.25) is 0 Å². The SMILES string of the molecule is O=S(=O)(c1ccc(F)cc1)c1nc(-c2ccc(Br)cc2)oc1NCc1ccccc1Cl. The maximum Gasteiger partial charge on any atom is 0.234 e. The number of hydrogen-bond donors (Lipinski definition) is 1. The highest BCUT2D eigenvalue weighted by Crippen LogP contribution is 2.33. The summed E-state index contributed by atoms with van der Waals surface area (Å²) < 4.78 is 46.4. The maximum atomic E-state index is 13.3. The molecule has 0 saturated heterocycles. The van der Waals surface area contributed by atoms with Crippen molar-refractivity contribution in [2.24, 2.45) is 0 Å². The van der Waals surface area contributed by atoms with E-state index in [-0.39, 0.29) is 28.2 Å². The molecule has 9 heteroatoms. The third kappa shape index (κ3) is 4.66. The van der Waals surface area contributed by atoms with Crippen LogP contribution < -0.4 is 5.32 Å². The fourth-order valence-electron chi connectivity index (χ4n) is 2.86. The zero-order valence-corrected chi connectivity index (χ0v) is 19.0. The van der Waals surface area contributed by atoms with Crippen LogP contribution in [0.3, 0.4) is 0 Å². The molecule has 0 radical (unpaired) electrons. The molecule has 1 heterocycles. The zero-order chi connectivity index (χ0) is 22.0. The summed E-state index contributed by atoms with van der Waals surface area (Å²) in [5.74, 6) is -0.427. The number of nitrogens with one attached hydrogen (secondary N) is 1. The number of nitrogens with zero attached hydrogens (tertiary/aromatic N) is 1. The van der Waals surface area contributed by atoms with Gasteiger partial charge in [-0.15, -0.1) is 0 Å². The lowest BCUT2D eigenvalue weighted by Crippen LogP contribution is -2.07. The smallest absolute Gasteiger partial charge is 0.234 e. The van der Waals surface area contributed by atoms with Gasteiger partial charge in [0.1, 0.15) is 5.82 Å². The predicted octanol–water partition coefficient (Wildman–Crippen LogP) is 6.34. The third-order valence-electron chi connectivity index (χ3n) is 4.46. The third-order valence-corrected chi connectivity index (χ3v) is 7.04. The Morgan fingerprint density at radius 1 is 1.00 bits per heavy atom. The minimum absolute atomic E-state index is 0.0258. The molecule has 0 atom stereocenters. The van der Waals surface area contributed by atoms with Gasteiger partial charge >= 0.3 is 0 Å². The molecule has 0 bridgehead atoms. The van der Waals surface area contributed by atoms with E-state index in [2.05, 4.69) is 26.2 Å². The van der Waals surface area contributed by atoms with Gasteiger partial charge in [0.2, 0.25) is 26.6 Å².